The van der Waals surface area contributed by atoms with E-state index in [0.717, 1.165) is 27.9 Å². The maximum Gasteiger partial charge on any atom is 0.272 e. The van der Waals surface area contributed by atoms with Gasteiger partial charge in [-0.25, -0.2) is 4.98 Å². The summed E-state index contributed by atoms with van der Waals surface area (Å²) >= 11 is 2.95. The number of benzene rings is 2. The van der Waals surface area contributed by atoms with E-state index in [0.29, 0.717) is 33.9 Å². The molecular formula is C29H30N4O2S2. The van der Waals surface area contributed by atoms with Gasteiger partial charge in [0.15, 0.2) is 5.16 Å². The first-order valence-electron chi connectivity index (χ1n) is 12.4. The molecular weight excluding hydrogens is 500 g/mol. The van der Waals surface area contributed by atoms with Gasteiger partial charge in [-0.2, -0.15) is 4.98 Å². The van der Waals surface area contributed by atoms with Crippen molar-refractivity contribution in [3.8, 4) is 21.8 Å². The van der Waals surface area contributed by atoms with E-state index in [4.69, 9.17) is 9.51 Å². The SMILES string of the molecule is CCCn1c(SCc2nc(-c3ccc(C(C)(C)C)cc3)no2)nc2cc(-c3ccc(C)cc3)sc2c1=O. The Kier molecular flexibility index (Phi) is 7.05. The van der Waals surface area contributed by atoms with Gasteiger partial charge in [-0.3, -0.25) is 9.36 Å². The molecule has 0 aliphatic rings. The fraction of sp³-hybridized carbons (Fsp3) is 0.310. The molecule has 0 fully saturated rings. The lowest BCUT2D eigenvalue weighted by atomic mass is 9.87. The van der Waals surface area contributed by atoms with Gasteiger partial charge < -0.3 is 4.52 Å². The number of thioether (sulfide) groups is 1. The maximum atomic E-state index is 13.4. The number of thiophene rings is 1. The van der Waals surface area contributed by atoms with Crippen LogP contribution >= 0.6 is 23.1 Å². The molecule has 6 nitrogen and oxygen atoms in total. The van der Waals surface area contributed by atoms with Gasteiger partial charge >= 0.3 is 0 Å². The van der Waals surface area contributed by atoms with Gasteiger partial charge in [0.05, 0.1) is 11.3 Å². The van der Waals surface area contributed by atoms with Crippen LogP contribution < -0.4 is 5.56 Å². The standard InChI is InChI=1S/C29H30N4O2S2/c1-6-15-33-27(34)25-22(16-23(37-25)19-9-7-18(2)8-10-19)30-28(33)36-17-24-31-26(32-35-24)20-11-13-21(14-12-20)29(3,4)5/h7-14,16H,6,15,17H2,1-5H3. The van der Waals surface area contributed by atoms with Crippen molar-refractivity contribution >= 4 is 33.3 Å². The van der Waals surface area contributed by atoms with Crippen LogP contribution in [0.2, 0.25) is 0 Å². The molecule has 0 bridgehead atoms. The third-order valence-electron chi connectivity index (χ3n) is 6.18. The Morgan fingerprint density at radius 2 is 1.70 bits per heavy atom. The van der Waals surface area contributed by atoms with Crippen LogP contribution in [-0.4, -0.2) is 19.7 Å². The average molecular weight is 531 g/mol. The molecule has 0 saturated heterocycles. The predicted molar refractivity (Wildman–Crippen MR) is 152 cm³/mol. The van der Waals surface area contributed by atoms with E-state index in [2.05, 4.69) is 81.2 Å². The first-order chi connectivity index (χ1) is 17.7. The van der Waals surface area contributed by atoms with Gasteiger partial charge in [0.2, 0.25) is 11.7 Å². The predicted octanol–water partition coefficient (Wildman–Crippen LogP) is 7.48. The summed E-state index contributed by atoms with van der Waals surface area (Å²) < 4.78 is 7.99. The third-order valence-corrected chi connectivity index (χ3v) is 8.31. The molecule has 37 heavy (non-hydrogen) atoms. The van der Waals surface area contributed by atoms with E-state index < -0.39 is 0 Å². The van der Waals surface area contributed by atoms with Crippen LogP contribution in [0.1, 0.15) is 51.1 Å². The molecule has 0 unspecified atom stereocenters. The molecule has 0 saturated carbocycles. The number of aryl methyl sites for hydroxylation is 1. The Bertz CT molecular complexity index is 1590. The lowest BCUT2D eigenvalue weighted by Crippen LogP contribution is -2.22. The quantitative estimate of drug-likeness (QED) is 0.160. The number of rotatable bonds is 7. The molecule has 190 valence electrons. The van der Waals surface area contributed by atoms with Gasteiger partial charge in [0.1, 0.15) is 4.70 Å². The fourth-order valence-corrected chi connectivity index (χ4v) is 5.97. The number of hydrogen-bond acceptors (Lipinski definition) is 7. The molecule has 0 radical (unpaired) electrons. The summed E-state index contributed by atoms with van der Waals surface area (Å²) in [5.74, 6) is 1.50. The Balaban J connectivity index is 1.40. The monoisotopic (exact) mass is 530 g/mol. The van der Waals surface area contributed by atoms with Crippen molar-refractivity contribution in [1.29, 1.82) is 0 Å². The van der Waals surface area contributed by atoms with Crippen molar-refractivity contribution in [2.45, 2.75) is 63.9 Å². The van der Waals surface area contributed by atoms with Crippen molar-refractivity contribution in [3.05, 3.63) is 82.0 Å². The molecule has 0 spiro atoms. The lowest BCUT2D eigenvalue weighted by molar-refractivity contribution is 0.391. The summed E-state index contributed by atoms with van der Waals surface area (Å²) in [5.41, 5.74) is 5.29. The van der Waals surface area contributed by atoms with Gasteiger partial charge in [-0.15, -0.1) is 11.3 Å². The zero-order valence-electron chi connectivity index (χ0n) is 21.7. The average Bonchev–Trinajstić information content (AvgIpc) is 3.52. The minimum atomic E-state index is 0.00266. The Hall–Kier alpha value is -3.23. The second-order valence-electron chi connectivity index (χ2n) is 10.2. The van der Waals surface area contributed by atoms with Crippen molar-refractivity contribution < 1.29 is 4.52 Å². The summed E-state index contributed by atoms with van der Waals surface area (Å²) in [5, 5.41) is 4.84. The van der Waals surface area contributed by atoms with Crippen LogP contribution in [0.5, 0.6) is 0 Å². The van der Waals surface area contributed by atoms with Crippen LogP contribution in [0.4, 0.5) is 0 Å². The maximum absolute atomic E-state index is 13.4. The highest BCUT2D eigenvalue weighted by atomic mass is 32.2. The lowest BCUT2D eigenvalue weighted by Gasteiger charge is -2.18. The van der Waals surface area contributed by atoms with Crippen LogP contribution in [0, 0.1) is 6.92 Å². The van der Waals surface area contributed by atoms with Crippen LogP contribution in [0.3, 0.4) is 0 Å². The zero-order valence-corrected chi connectivity index (χ0v) is 23.4. The molecule has 3 heterocycles. The van der Waals surface area contributed by atoms with Crippen molar-refractivity contribution in [2.75, 3.05) is 0 Å². The zero-order chi connectivity index (χ0) is 26.2. The minimum absolute atomic E-state index is 0.00266. The van der Waals surface area contributed by atoms with Gasteiger partial charge in [0, 0.05) is 17.0 Å². The number of aromatic nitrogens is 4. The molecule has 8 heteroatoms. The minimum Gasteiger partial charge on any atom is -0.338 e. The summed E-state index contributed by atoms with van der Waals surface area (Å²) in [6.45, 7) is 11.3. The molecule has 0 N–H and O–H groups in total. The molecule has 5 aromatic rings. The fourth-order valence-electron chi connectivity index (χ4n) is 4.06. The highest BCUT2D eigenvalue weighted by Gasteiger charge is 2.18. The molecule has 0 aliphatic carbocycles. The van der Waals surface area contributed by atoms with Crippen LogP contribution in [0.25, 0.3) is 32.0 Å². The third kappa shape index (κ3) is 5.40. The first kappa shape index (κ1) is 25.4. The second kappa shape index (κ2) is 10.3. The molecule has 5 rings (SSSR count). The van der Waals surface area contributed by atoms with E-state index in [1.165, 1.54) is 34.2 Å². The number of hydrogen-bond donors (Lipinski definition) is 0. The van der Waals surface area contributed by atoms with Gasteiger partial charge in [0.25, 0.3) is 5.56 Å². The molecule has 0 amide bonds. The van der Waals surface area contributed by atoms with Crippen LogP contribution in [-0.2, 0) is 17.7 Å². The van der Waals surface area contributed by atoms with E-state index in [1.807, 2.05) is 18.2 Å². The summed E-state index contributed by atoms with van der Waals surface area (Å²) in [6.07, 6.45) is 0.839. The summed E-state index contributed by atoms with van der Waals surface area (Å²) in [7, 11) is 0. The van der Waals surface area contributed by atoms with Gasteiger partial charge in [-0.05, 0) is 36.0 Å². The smallest absolute Gasteiger partial charge is 0.272 e. The number of fused-ring (bicyclic) bond motifs is 1. The number of nitrogens with zero attached hydrogens (tertiary/aromatic N) is 4. The summed E-state index contributed by atoms with van der Waals surface area (Å²) in [6, 6.07) is 18.6. The second-order valence-corrected chi connectivity index (χ2v) is 12.2. The van der Waals surface area contributed by atoms with E-state index >= 15 is 0 Å². The van der Waals surface area contributed by atoms with Crippen molar-refractivity contribution in [3.63, 3.8) is 0 Å². The Morgan fingerprint density at radius 3 is 2.38 bits per heavy atom. The largest absolute Gasteiger partial charge is 0.338 e. The molecule has 0 aliphatic heterocycles. The van der Waals surface area contributed by atoms with E-state index in [9.17, 15) is 4.79 Å². The normalized spacial score (nSPS) is 11.9. The van der Waals surface area contributed by atoms with Crippen LogP contribution in [0.15, 0.2) is 69.1 Å². The Morgan fingerprint density at radius 1 is 1.00 bits per heavy atom. The highest BCUT2D eigenvalue weighted by molar-refractivity contribution is 7.98. The van der Waals surface area contributed by atoms with E-state index in [-0.39, 0.29) is 11.0 Å². The Labute approximate surface area is 224 Å². The van der Waals surface area contributed by atoms with Gasteiger partial charge in [-0.1, -0.05) is 98.7 Å². The van der Waals surface area contributed by atoms with Crippen molar-refractivity contribution in [1.82, 2.24) is 19.7 Å². The molecule has 0 atom stereocenters. The van der Waals surface area contributed by atoms with E-state index in [1.54, 1.807) is 4.57 Å². The summed E-state index contributed by atoms with van der Waals surface area (Å²) in [4.78, 5) is 23.9. The molecule has 3 aromatic heterocycles. The first-order valence-corrected chi connectivity index (χ1v) is 14.2. The van der Waals surface area contributed by atoms with Crippen molar-refractivity contribution in [2.24, 2.45) is 0 Å². The highest BCUT2D eigenvalue weighted by Crippen LogP contribution is 2.33. The topological polar surface area (TPSA) is 73.8 Å². The molecule has 2 aromatic carbocycles.